The van der Waals surface area contributed by atoms with Crippen molar-refractivity contribution in [3.8, 4) is 5.75 Å². The minimum Gasteiger partial charge on any atom is -0.493 e. The van der Waals surface area contributed by atoms with Crippen LogP contribution in [0.15, 0.2) is 24.3 Å². The molecule has 1 saturated heterocycles. The molecular weight excluding hydrogens is 378 g/mol. The van der Waals surface area contributed by atoms with Crippen molar-refractivity contribution in [2.24, 2.45) is 5.92 Å². The number of piperazine rings is 1. The van der Waals surface area contributed by atoms with E-state index < -0.39 is 0 Å². The average Bonchev–Trinajstić information content (AvgIpc) is 2.74. The number of hydrogen-bond donors (Lipinski definition) is 1. The Hall–Kier alpha value is -1.79. The van der Waals surface area contributed by atoms with Crippen molar-refractivity contribution in [2.45, 2.75) is 52.5 Å². The predicted molar refractivity (Wildman–Crippen MR) is 122 cm³/mol. The minimum absolute atomic E-state index is 0.101. The Kier molecular flexibility index (Phi) is 11.0. The fourth-order valence-corrected chi connectivity index (χ4v) is 3.63. The third-order valence-electron chi connectivity index (χ3n) is 5.66. The molecule has 1 aromatic rings. The summed E-state index contributed by atoms with van der Waals surface area (Å²) >= 11 is 0. The Bertz CT molecular complexity index is 600. The number of amides is 1. The third-order valence-corrected chi connectivity index (χ3v) is 5.66. The monoisotopic (exact) mass is 419 g/mol. The van der Waals surface area contributed by atoms with Crippen LogP contribution in [0.25, 0.3) is 0 Å². The number of unbranched alkanes of at least 4 members (excludes halogenated alkanes) is 1. The summed E-state index contributed by atoms with van der Waals surface area (Å²) in [5, 5.41) is 3.08. The molecule has 1 N–H and O–H groups in total. The van der Waals surface area contributed by atoms with E-state index >= 15 is 0 Å². The highest BCUT2D eigenvalue weighted by molar-refractivity contribution is 5.68. The van der Waals surface area contributed by atoms with Gasteiger partial charge in [-0.25, -0.2) is 4.79 Å². The standard InChI is InChI=1S/C24H41N3O3/c1-5-7-17-29-24(28)25-23(18-27-15-13-26(4)14-16-27)21-9-11-22(12-10-21)30-19-20(3)8-6-2/h9-12,20,23H,5-8,13-19H2,1-4H3,(H,25,28)/t20?,23-/m0/s1. The first-order valence-corrected chi connectivity index (χ1v) is 11.6. The Morgan fingerprint density at radius 2 is 1.80 bits per heavy atom. The number of likely N-dealkylation sites (N-methyl/N-ethyl adjacent to an activating group) is 1. The van der Waals surface area contributed by atoms with Crippen molar-refractivity contribution < 1.29 is 14.3 Å². The molecule has 1 unspecified atom stereocenters. The van der Waals surface area contributed by atoms with E-state index in [2.05, 4.69) is 55.1 Å². The van der Waals surface area contributed by atoms with Gasteiger partial charge < -0.3 is 19.7 Å². The zero-order chi connectivity index (χ0) is 21.8. The molecule has 2 rings (SSSR count). The zero-order valence-electron chi connectivity index (χ0n) is 19.4. The summed E-state index contributed by atoms with van der Waals surface area (Å²) in [6.45, 7) is 12.6. The van der Waals surface area contributed by atoms with Gasteiger partial charge in [0.15, 0.2) is 0 Å². The number of carbonyl (C=O) groups is 1. The molecule has 30 heavy (non-hydrogen) atoms. The fourth-order valence-electron chi connectivity index (χ4n) is 3.63. The molecular formula is C24H41N3O3. The number of ether oxygens (including phenoxy) is 2. The number of hydrogen-bond acceptors (Lipinski definition) is 5. The predicted octanol–water partition coefficient (Wildman–Crippen LogP) is 4.32. The SMILES string of the molecule is CCCCOC(=O)N[C@@H](CN1CCN(C)CC1)c1ccc(OCC(C)CCC)cc1. The van der Waals surface area contributed by atoms with Gasteiger partial charge in [0.05, 0.1) is 19.3 Å². The van der Waals surface area contributed by atoms with Crippen molar-refractivity contribution >= 4 is 6.09 Å². The molecule has 1 amide bonds. The van der Waals surface area contributed by atoms with Crippen molar-refractivity contribution in [1.29, 1.82) is 0 Å². The summed E-state index contributed by atoms with van der Waals surface area (Å²) in [7, 11) is 2.15. The Balaban J connectivity index is 1.98. The van der Waals surface area contributed by atoms with Gasteiger partial charge in [-0.05, 0) is 43.5 Å². The molecule has 1 aliphatic heterocycles. The smallest absolute Gasteiger partial charge is 0.407 e. The maximum atomic E-state index is 12.3. The van der Waals surface area contributed by atoms with Crippen molar-refractivity contribution in [3.05, 3.63) is 29.8 Å². The number of benzene rings is 1. The van der Waals surface area contributed by atoms with E-state index in [4.69, 9.17) is 9.47 Å². The van der Waals surface area contributed by atoms with E-state index in [1.807, 2.05) is 12.1 Å². The summed E-state index contributed by atoms with van der Waals surface area (Å²) in [5.74, 6) is 1.43. The molecule has 0 aliphatic carbocycles. The number of nitrogens with one attached hydrogen (secondary N) is 1. The summed E-state index contributed by atoms with van der Waals surface area (Å²) < 4.78 is 11.3. The zero-order valence-corrected chi connectivity index (χ0v) is 19.4. The minimum atomic E-state index is -0.337. The maximum Gasteiger partial charge on any atom is 0.407 e. The van der Waals surface area contributed by atoms with E-state index in [-0.39, 0.29) is 12.1 Å². The summed E-state index contributed by atoms with van der Waals surface area (Å²) in [4.78, 5) is 17.1. The Morgan fingerprint density at radius 1 is 1.10 bits per heavy atom. The molecule has 170 valence electrons. The second kappa shape index (κ2) is 13.5. The Labute approximate surface area is 182 Å². The van der Waals surface area contributed by atoms with Crippen LogP contribution < -0.4 is 10.1 Å². The van der Waals surface area contributed by atoms with Gasteiger partial charge in [-0.3, -0.25) is 4.90 Å². The molecule has 0 radical (unpaired) electrons. The molecule has 1 fully saturated rings. The third kappa shape index (κ3) is 8.92. The number of nitrogens with zero attached hydrogens (tertiary/aromatic N) is 2. The van der Waals surface area contributed by atoms with Crippen LogP contribution in [0, 0.1) is 5.92 Å². The Morgan fingerprint density at radius 3 is 2.43 bits per heavy atom. The van der Waals surface area contributed by atoms with Gasteiger partial charge in [0.25, 0.3) is 0 Å². The second-order valence-electron chi connectivity index (χ2n) is 8.56. The van der Waals surface area contributed by atoms with E-state index in [0.29, 0.717) is 12.5 Å². The quantitative estimate of drug-likeness (QED) is 0.512. The van der Waals surface area contributed by atoms with Gasteiger partial charge in [0.1, 0.15) is 5.75 Å². The first-order chi connectivity index (χ1) is 14.5. The molecule has 2 atom stereocenters. The van der Waals surface area contributed by atoms with Crippen LogP contribution in [-0.2, 0) is 4.74 Å². The molecule has 0 bridgehead atoms. The molecule has 1 aliphatic rings. The van der Waals surface area contributed by atoms with E-state index in [9.17, 15) is 4.79 Å². The van der Waals surface area contributed by atoms with Crippen LogP contribution in [0.3, 0.4) is 0 Å². The largest absolute Gasteiger partial charge is 0.493 e. The van der Waals surface area contributed by atoms with Gasteiger partial charge >= 0.3 is 6.09 Å². The number of carbonyl (C=O) groups excluding carboxylic acids is 1. The molecule has 6 heteroatoms. The highest BCUT2D eigenvalue weighted by Gasteiger charge is 2.22. The molecule has 0 spiro atoms. The lowest BCUT2D eigenvalue weighted by Crippen LogP contribution is -2.47. The lowest BCUT2D eigenvalue weighted by molar-refractivity contribution is 0.123. The van der Waals surface area contributed by atoms with Gasteiger partial charge in [-0.15, -0.1) is 0 Å². The van der Waals surface area contributed by atoms with Crippen molar-refractivity contribution in [3.63, 3.8) is 0 Å². The lowest BCUT2D eigenvalue weighted by atomic mass is 10.1. The molecule has 6 nitrogen and oxygen atoms in total. The molecule has 0 aromatic heterocycles. The normalized spacial score (nSPS) is 17.3. The van der Waals surface area contributed by atoms with Crippen LogP contribution in [0.4, 0.5) is 4.79 Å². The highest BCUT2D eigenvalue weighted by atomic mass is 16.5. The average molecular weight is 420 g/mol. The van der Waals surface area contributed by atoms with Crippen LogP contribution in [-0.4, -0.2) is 68.9 Å². The second-order valence-corrected chi connectivity index (χ2v) is 8.56. The van der Waals surface area contributed by atoms with Crippen molar-refractivity contribution in [2.75, 3.05) is 53.0 Å². The van der Waals surface area contributed by atoms with Crippen LogP contribution >= 0.6 is 0 Å². The van der Waals surface area contributed by atoms with E-state index in [0.717, 1.165) is 63.5 Å². The van der Waals surface area contributed by atoms with Crippen LogP contribution in [0.5, 0.6) is 5.75 Å². The van der Waals surface area contributed by atoms with E-state index in [1.165, 1.54) is 12.8 Å². The van der Waals surface area contributed by atoms with Gasteiger partial charge in [-0.2, -0.15) is 0 Å². The van der Waals surface area contributed by atoms with Crippen molar-refractivity contribution in [1.82, 2.24) is 15.1 Å². The fraction of sp³-hybridized carbons (Fsp3) is 0.708. The summed E-state index contributed by atoms with van der Waals surface area (Å²) in [6, 6.07) is 8.04. The van der Waals surface area contributed by atoms with Gasteiger partial charge in [-0.1, -0.05) is 45.7 Å². The lowest BCUT2D eigenvalue weighted by Gasteiger charge is -2.34. The molecule has 0 saturated carbocycles. The van der Waals surface area contributed by atoms with Gasteiger partial charge in [0, 0.05) is 32.7 Å². The van der Waals surface area contributed by atoms with Crippen LogP contribution in [0.2, 0.25) is 0 Å². The van der Waals surface area contributed by atoms with E-state index in [1.54, 1.807) is 0 Å². The maximum absolute atomic E-state index is 12.3. The number of alkyl carbamates (subject to hydrolysis) is 1. The summed E-state index contributed by atoms with van der Waals surface area (Å²) in [5.41, 5.74) is 1.08. The van der Waals surface area contributed by atoms with Crippen LogP contribution in [0.1, 0.15) is 58.1 Å². The van der Waals surface area contributed by atoms with Gasteiger partial charge in [0.2, 0.25) is 0 Å². The first kappa shape index (κ1) is 24.5. The topological polar surface area (TPSA) is 54.0 Å². The summed E-state index contributed by atoms with van der Waals surface area (Å²) in [6.07, 6.45) is 3.92. The highest BCUT2D eigenvalue weighted by Crippen LogP contribution is 2.21. The first-order valence-electron chi connectivity index (χ1n) is 11.6. The number of rotatable bonds is 12. The molecule has 1 aromatic carbocycles. The molecule has 1 heterocycles.